The lowest BCUT2D eigenvalue weighted by atomic mass is 10.1. The van der Waals surface area contributed by atoms with E-state index >= 15 is 0 Å². The van der Waals surface area contributed by atoms with Gasteiger partial charge in [0.25, 0.3) is 0 Å². The summed E-state index contributed by atoms with van der Waals surface area (Å²) in [5.74, 6) is 1.28. The fraction of sp³-hybridized carbons (Fsp3) is 0.458. The van der Waals surface area contributed by atoms with Gasteiger partial charge in [-0.25, -0.2) is 9.67 Å². The number of rotatable bonds is 9. The molecule has 4 aromatic rings. The molecule has 0 amide bonds. The van der Waals surface area contributed by atoms with Gasteiger partial charge in [-0.3, -0.25) is 0 Å². The van der Waals surface area contributed by atoms with Gasteiger partial charge in [-0.1, -0.05) is 39.3 Å². The third kappa shape index (κ3) is 5.89. The van der Waals surface area contributed by atoms with Crippen molar-refractivity contribution < 1.29 is 26.3 Å². The molecule has 1 aromatic carbocycles. The molecule has 8 nitrogen and oxygen atoms in total. The number of nitrogens with zero attached hydrogens (tertiary/aromatic N) is 7. The van der Waals surface area contributed by atoms with Crippen molar-refractivity contribution in [2.24, 2.45) is 5.92 Å². The van der Waals surface area contributed by atoms with Crippen molar-refractivity contribution in [3.63, 3.8) is 0 Å². The maximum Gasteiger partial charge on any atom is 0.431 e. The van der Waals surface area contributed by atoms with Crippen LogP contribution in [-0.2, 0) is 31.7 Å². The van der Waals surface area contributed by atoms with Crippen LogP contribution in [0.1, 0.15) is 62.1 Å². The zero-order valence-corrected chi connectivity index (χ0v) is 20.9. The molecular weight excluding hydrogens is 514 g/mol. The Hall–Kier alpha value is -3.71. The summed E-state index contributed by atoms with van der Waals surface area (Å²) in [5, 5.41) is 16.9. The van der Waals surface area contributed by atoms with Crippen LogP contribution in [0.4, 0.5) is 26.3 Å². The highest BCUT2D eigenvalue weighted by atomic mass is 19.4. The lowest BCUT2D eigenvalue weighted by Crippen LogP contribution is -2.14. The molecule has 0 aliphatic carbocycles. The molecule has 4 rings (SSSR count). The first-order valence-electron chi connectivity index (χ1n) is 12.0. The van der Waals surface area contributed by atoms with Crippen LogP contribution in [0.2, 0.25) is 0 Å². The molecule has 0 bridgehead atoms. The van der Waals surface area contributed by atoms with E-state index in [4.69, 9.17) is 0 Å². The largest absolute Gasteiger partial charge is 0.431 e. The van der Waals surface area contributed by atoms with Gasteiger partial charge < -0.3 is 4.57 Å². The minimum atomic E-state index is -5.09. The van der Waals surface area contributed by atoms with Gasteiger partial charge in [0.05, 0.1) is 12.1 Å². The Morgan fingerprint density at radius 2 is 1.71 bits per heavy atom. The van der Waals surface area contributed by atoms with Gasteiger partial charge in [-0.2, -0.15) is 36.7 Å². The monoisotopic (exact) mass is 540 g/mol. The predicted molar refractivity (Wildman–Crippen MR) is 125 cm³/mol. The molecule has 1 N–H and O–H groups in total. The van der Waals surface area contributed by atoms with Crippen LogP contribution in [0.15, 0.2) is 30.3 Å². The zero-order valence-electron chi connectivity index (χ0n) is 20.9. The topological polar surface area (TPSA) is 90.1 Å². The van der Waals surface area contributed by atoms with Crippen LogP contribution >= 0.6 is 0 Å². The third-order valence-corrected chi connectivity index (χ3v) is 5.82. The molecule has 0 spiro atoms. The number of halogens is 6. The highest BCUT2D eigenvalue weighted by Crippen LogP contribution is 2.44. The molecule has 0 fully saturated rings. The number of aryl methyl sites for hydroxylation is 1. The molecule has 0 saturated heterocycles. The Morgan fingerprint density at radius 3 is 2.26 bits per heavy atom. The van der Waals surface area contributed by atoms with Crippen LogP contribution < -0.4 is 0 Å². The Balaban J connectivity index is 1.75. The number of aromatic nitrogens is 8. The van der Waals surface area contributed by atoms with Crippen molar-refractivity contribution in [3.8, 4) is 17.2 Å². The summed E-state index contributed by atoms with van der Waals surface area (Å²) in [6.45, 7) is 6.51. The van der Waals surface area contributed by atoms with Crippen molar-refractivity contribution in [2.45, 2.75) is 65.4 Å². The summed E-state index contributed by atoms with van der Waals surface area (Å²) in [6.07, 6.45) is -6.83. The van der Waals surface area contributed by atoms with Crippen LogP contribution in [-0.4, -0.2) is 40.0 Å². The van der Waals surface area contributed by atoms with E-state index in [1.807, 2.05) is 5.21 Å². The molecule has 3 heterocycles. The van der Waals surface area contributed by atoms with Crippen molar-refractivity contribution in [3.05, 3.63) is 58.8 Å². The van der Waals surface area contributed by atoms with Gasteiger partial charge in [0.1, 0.15) is 17.2 Å². The standard InChI is InChI=1S/C24H26F6N8/c1-4-5-6-20-31-19(11-14(2)3)34-37(20)13-15-7-9-16(10-8-15)38-18(24(28,29)30)12-17(23(25,26)27)21(38)22-32-35-36-33-22/h7-10,12,14H,4-6,11,13H2,1-3H3,(H,32,33,35,36). The van der Waals surface area contributed by atoms with Crippen LogP contribution in [0.5, 0.6) is 0 Å². The van der Waals surface area contributed by atoms with Crippen molar-refractivity contribution >= 4 is 0 Å². The second kappa shape index (κ2) is 10.6. The Labute approximate surface area is 214 Å². The number of aromatic amines is 1. The first-order chi connectivity index (χ1) is 17.9. The van der Waals surface area contributed by atoms with E-state index in [2.05, 4.69) is 46.3 Å². The third-order valence-electron chi connectivity index (χ3n) is 5.82. The summed E-state index contributed by atoms with van der Waals surface area (Å²) in [7, 11) is 0. The highest BCUT2D eigenvalue weighted by Gasteiger charge is 2.45. The van der Waals surface area contributed by atoms with Crippen LogP contribution in [0.25, 0.3) is 17.2 Å². The first-order valence-corrected chi connectivity index (χ1v) is 12.0. The van der Waals surface area contributed by atoms with E-state index < -0.39 is 35.1 Å². The van der Waals surface area contributed by atoms with Gasteiger partial charge in [0.2, 0.25) is 5.82 Å². The molecule has 0 unspecified atom stereocenters. The average molecular weight is 541 g/mol. The molecule has 204 valence electrons. The molecule has 0 saturated carbocycles. The fourth-order valence-electron chi connectivity index (χ4n) is 4.13. The average Bonchev–Trinajstić information content (AvgIpc) is 3.55. The Morgan fingerprint density at radius 1 is 1.00 bits per heavy atom. The van der Waals surface area contributed by atoms with Gasteiger partial charge >= 0.3 is 12.4 Å². The maximum absolute atomic E-state index is 13.9. The highest BCUT2D eigenvalue weighted by molar-refractivity contribution is 5.63. The summed E-state index contributed by atoms with van der Waals surface area (Å²) < 4.78 is 85.2. The van der Waals surface area contributed by atoms with E-state index in [1.54, 1.807) is 16.8 Å². The van der Waals surface area contributed by atoms with Crippen molar-refractivity contribution in [1.82, 2.24) is 40.0 Å². The Bertz CT molecular complexity index is 1350. The first kappa shape index (κ1) is 27.3. The number of nitrogens with one attached hydrogen (secondary N) is 1. The second-order valence-electron chi connectivity index (χ2n) is 9.33. The molecule has 0 radical (unpaired) electrons. The van der Waals surface area contributed by atoms with E-state index in [-0.39, 0.29) is 11.8 Å². The summed E-state index contributed by atoms with van der Waals surface area (Å²) in [4.78, 5) is 4.65. The molecule has 38 heavy (non-hydrogen) atoms. The SMILES string of the molecule is CCCCc1nc(CC(C)C)nn1Cc1ccc(-n2c(C(F)(F)F)cc(C(F)(F)F)c2-c2nn[nH]n2)cc1. The predicted octanol–water partition coefficient (Wildman–Crippen LogP) is 5.88. The quantitative estimate of drug-likeness (QED) is 0.268. The number of tetrazole rings is 1. The van der Waals surface area contributed by atoms with Gasteiger partial charge in [0.15, 0.2) is 5.82 Å². The van der Waals surface area contributed by atoms with Crippen LogP contribution in [0, 0.1) is 5.92 Å². The van der Waals surface area contributed by atoms with E-state index in [9.17, 15) is 26.3 Å². The van der Waals surface area contributed by atoms with E-state index in [0.717, 1.165) is 25.1 Å². The number of alkyl halides is 6. The maximum atomic E-state index is 13.9. The van der Waals surface area contributed by atoms with E-state index in [1.165, 1.54) is 12.1 Å². The Kier molecular flexibility index (Phi) is 7.61. The van der Waals surface area contributed by atoms with Gasteiger partial charge in [0, 0.05) is 18.5 Å². The van der Waals surface area contributed by atoms with Gasteiger partial charge in [-0.05, 0) is 41.3 Å². The van der Waals surface area contributed by atoms with E-state index in [0.29, 0.717) is 34.8 Å². The molecule has 3 aromatic heterocycles. The van der Waals surface area contributed by atoms with Gasteiger partial charge in [-0.15, -0.1) is 10.2 Å². The van der Waals surface area contributed by atoms with Crippen molar-refractivity contribution in [2.75, 3.05) is 0 Å². The zero-order chi connectivity index (χ0) is 27.7. The second-order valence-corrected chi connectivity index (χ2v) is 9.33. The molecule has 0 aliphatic heterocycles. The summed E-state index contributed by atoms with van der Waals surface area (Å²) in [5.41, 5.74) is -3.32. The lowest BCUT2D eigenvalue weighted by molar-refractivity contribution is -0.143. The molecule has 0 atom stereocenters. The number of unbranched alkanes of at least 4 members (excludes halogenated alkanes) is 1. The number of hydrogen-bond acceptors (Lipinski definition) is 5. The normalized spacial score (nSPS) is 12.6. The number of hydrogen-bond donors (Lipinski definition) is 1. The molecule has 14 heteroatoms. The summed E-state index contributed by atoms with van der Waals surface area (Å²) >= 11 is 0. The molecule has 0 aliphatic rings. The van der Waals surface area contributed by atoms with Crippen molar-refractivity contribution in [1.29, 1.82) is 0 Å². The summed E-state index contributed by atoms with van der Waals surface area (Å²) in [6, 6.07) is 5.82. The lowest BCUT2D eigenvalue weighted by Gasteiger charge is -2.15. The number of benzene rings is 1. The minimum Gasteiger partial charge on any atom is -0.302 e. The molecular formula is C24H26F6N8. The number of H-pyrrole nitrogens is 1. The fourth-order valence-corrected chi connectivity index (χ4v) is 4.13. The minimum absolute atomic E-state index is 0.0608. The van der Waals surface area contributed by atoms with Crippen LogP contribution in [0.3, 0.4) is 0 Å². The smallest absolute Gasteiger partial charge is 0.302 e.